The van der Waals surface area contributed by atoms with Crippen LogP contribution in [0.1, 0.15) is 57.4 Å². The molecular weight excluding hydrogens is 444 g/mol. The number of aromatic nitrogens is 6. The average molecular weight is 454 g/mol. The summed E-state index contributed by atoms with van der Waals surface area (Å²) in [6.45, 7) is 0. The van der Waals surface area contributed by atoms with E-state index in [1.165, 1.54) is 36.4 Å². The van der Waals surface area contributed by atoms with Crippen molar-refractivity contribution in [3.8, 4) is 0 Å². The number of aromatic amines is 2. The quantitative estimate of drug-likeness (QED) is 0.333. The van der Waals surface area contributed by atoms with Crippen LogP contribution in [0.2, 0.25) is 0 Å². The maximum Gasteiger partial charge on any atom is 0.268 e. The fraction of sp³-hybridized carbons (Fsp3) is 0. The first-order valence-corrected chi connectivity index (χ1v) is 9.77. The lowest BCUT2D eigenvalue weighted by atomic mass is 9.96. The summed E-state index contributed by atoms with van der Waals surface area (Å²) < 4.78 is 0. The summed E-state index contributed by atoms with van der Waals surface area (Å²) in [5, 5.41) is 12.2. The molecule has 164 valence electrons. The van der Waals surface area contributed by atoms with E-state index < -0.39 is 29.4 Å². The fourth-order valence-electron chi connectivity index (χ4n) is 3.93. The molecule has 34 heavy (non-hydrogen) atoms. The largest absolute Gasteiger partial charge is 0.289 e. The van der Waals surface area contributed by atoms with Gasteiger partial charge >= 0.3 is 0 Å². The third-order valence-corrected chi connectivity index (χ3v) is 5.53. The summed E-state index contributed by atoms with van der Waals surface area (Å²) in [7, 11) is 0. The number of carbonyl (C=O) groups excluding carboxylic acids is 5. The number of ketones is 1. The van der Waals surface area contributed by atoms with E-state index in [-0.39, 0.29) is 45.3 Å². The predicted molar refractivity (Wildman–Crippen MR) is 111 cm³/mol. The standard InChI is InChI=1S/C21H10N8O5/c30-15(9-1-3-11-13(5-9)18(33)28(16(11)31)20-22-7-24-26-20)10-2-4-12-14(6-10)19(34)29(17(12)32)21-23-8-25-27-21/h1-8H,(H,22,24,26)(H,23,25,27). The minimum atomic E-state index is -0.649. The predicted octanol–water partition coefficient (Wildman–Crippen LogP) is 0.755. The van der Waals surface area contributed by atoms with Gasteiger partial charge in [-0.2, -0.15) is 20.2 Å². The molecule has 2 N–H and O–H groups in total. The fourth-order valence-corrected chi connectivity index (χ4v) is 3.93. The van der Waals surface area contributed by atoms with Crippen molar-refractivity contribution < 1.29 is 24.0 Å². The van der Waals surface area contributed by atoms with Crippen LogP contribution in [0.4, 0.5) is 11.9 Å². The topological polar surface area (TPSA) is 175 Å². The number of hydrogen-bond acceptors (Lipinski definition) is 9. The molecule has 6 rings (SSSR count). The average Bonchev–Trinajstić information content (AvgIpc) is 3.64. The molecule has 0 unspecified atom stereocenters. The number of amides is 4. The molecule has 0 atom stereocenters. The summed E-state index contributed by atoms with van der Waals surface area (Å²) in [5.74, 6) is -3.04. The molecule has 0 radical (unpaired) electrons. The highest BCUT2D eigenvalue weighted by atomic mass is 16.2. The van der Waals surface area contributed by atoms with Crippen molar-refractivity contribution in [1.82, 2.24) is 30.4 Å². The van der Waals surface area contributed by atoms with Gasteiger partial charge in [-0.1, -0.05) is 12.1 Å². The zero-order valence-corrected chi connectivity index (χ0v) is 16.8. The van der Waals surface area contributed by atoms with Crippen molar-refractivity contribution in [2.24, 2.45) is 0 Å². The van der Waals surface area contributed by atoms with Crippen LogP contribution in [-0.4, -0.2) is 59.8 Å². The van der Waals surface area contributed by atoms with Gasteiger partial charge in [0.1, 0.15) is 12.7 Å². The van der Waals surface area contributed by atoms with Crippen LogP contribution in [0.25, 0.3) is 0 Å². The van der Waals surface area contributed by atoms with Crippen LogP contribution in [-0.2, 0) is 0 Å². The van der Waals surface area contributed by atoms with Crippen LogP contribution in [0.5, 0.6) is 0 Å². The zero-order chi connectivity index (χ0) is 23.6. The Morgan fingerprint density at radius 3 is 1.41 bits per heavy atom. The van der Waals surface area contributed by atoms with Crippen LogP contribution in [0, 0.1) is 0 Å². The molecular formula is C21H10N8O5. The molecule has 0 aliphatic carbocycles. The summed E-state index contributed by atoms with van der Waals surface area (Å²) >= 11 is 0. The first-order chi connectivity index (χ1) is 16.5. The lowest BCUT2D eigenvalue weighted by Gasteiger charge is -2.08. The normalized spacial score (nSPS) is 14.7. The van der Waals surface area contributed by atoms with E-state index in [9.17, 15) is 24.0 Å². The Hall–Kier alpha value is -5.33. The Bertz CT molecular complexity index is 1440. The Labute approximate surface area is 188 Å². The van der Waals surface area contributed by atoms with Gasteiger partial charge in [0.25, 0.3) is 23.6 Å². The maximum atomic E-state index is 13.2. The number of nitrogens with one attached hydrogen (secondary N) is 2. The molecule has 0 bridgehead atoms. The molecule has 2 aliphatic rings. The Morgan fingerprint density at radius 2 is 1.03 bits per heavy atom. The van der Waals surface area contributed by atoms with E-state index in [2.05, 4.69) is 30.4 Å². The Kier molecular flexibility index (Phi) is 3.89. The number of H-pyrrole nitrogens is 2. The summed E-state index contributed by atoms with van der Waals surface area (Å²) in [5.41, 5.74) is 0.573. The minimum Gasteiger partial charge on any atom is -0.289 e. The zero-order valence-electron chi connectivity index (χ0n) is 16.8. The van der Waals surface area contributed by atoms with E-state index in [1.54, 1.807) is 0 Å². The number of fused-ring (bicyclic) bond motifs is 2. The van der Waals surface area contributed by atoms with Crippen molar-refractivity contribution >= 4 is 41.3 Å². The van der Waals surface area contributed by atoms with Crippen molar-refractivity contribution in [2.75, 3.05) is 9.80 Å². The van der Waals surface area contributed by atoms with Crippen LogP contribution in [0.15, 0.2) is 49.1 Å². The molecule has 2 aliphatic heterocycles. The first kappa shape index (κ1) is 19.4. The van der Waals surface area contributed by atoms with Crippen molar-refractivity contribution in [2.45, 2.75) is 0 Å². The monoisotopic (exact) mass is 454 g/mol. The number of nitrogens with zero attached hydrogens (tertiary/aromatic N) is 6. The minimum absolute atomic E-state index is 0.0304. The molecule has 0 fully saturated rings. The van der Waals surface area contributed by atoms with Gasteiger partial charge in [0.15, 0.2) is 5.78 Å². The van der Waals surface area contributed by atoms with Crippen molar-refractivity contribution in [3.63, 3.8) is 0 Å². The van der Waals surface area contributed by atoms with Gasteiger partial charge < -0.3 is 0 Å². The number of anilines is 2. The van der Waals surface area contributed by atoms with Gasteiger partial charge in [-0.05, 0) is 24.3 Å². The maximum absolute atomic E-state index is 13.2. The SMILES string of the molecule is O=C(c1ccc2c(c1)C(=O)N(c1ncn[nH]1)C2=O)c1ccc2c(c1)C(=O)N(c1ncn[nH]1)C2=O. The number of rotatable bonds is 4. The van der Waals surface area contributed by atoms with E-state index in [4.69, 9.17) is 0 Å². The second-order valence-electron chi connectivity index (χ2n) is 7.36. The number of hydrogen-bond donors (Lipinski definition) is 2. The smallest absolute Gasteiger partial charge is 0.268 e. The number of benzene rings is 2. The molecule has 2 aromatic heterocycles. The molecule has 0 spiro atoms. The lowest BCUT2D eigenvalue weighted by Crippen LogP contribution is -2.30. The van der Waals surface area contributed by atoms with E-state index in [1.807, 2.05) is 0 Å². The van der Waals surface area contributed by atoms with Gasteiger partial charge in [-0.15, -0.1) is 0 Å². The van der Waals surface area contributed by atoms with E-state index >= 15 is 0 Å². The molecule has 4 amide bonds. The van der Waals surface area contributed by atoms with E-state index in [0.717, 1.165) is 22.5 Å². The number of carbonyl (C=O) groups is 5. The van der Waals surface area contributed by atoms with E-state index in [0.29, 0.717) is 0 Å². The highest BCUT2D eigenvalue weighted by molar-refractivity contribution is 6.35. The molecule has 4 heterocycles. The lowest BCUT2D eigenvalue weighted by molar-refractivity contribution is 0.0908. The molecule has 13 nitrogen and oxygen atoms in total. The first-order valence-electron chi connectivity index (χ1n) is 9.77. The Morgan fingerprint density at radius 1 is 0.618 bits per heavy atom. The third-order valence-electron chi connectivity index (χ3n) is 5.53. The molecule has 13 heteroatoms. The third kappa shape index (κ3) is 2.57. The second kappa shape index (κ2) is 6.83. The highest BCUT2D eigenvalue weighted by Crippen LogP contribution is 2.30. The summed E-state index contributed by atoms with van der Waals surface area (Å²) in [6.07, 6.45) is 2.33. The van der Waals surface area contributed by atoms with Gasteiger partial charge in [0.2, 0.25) is 11.9 Å². The highest BCUT2D eigenvalue weighted by Gasteiger charge is 2.40. The van der Waals surface area contributed by atoms with Gasteiger partial charge in [-0.25, -0.2) is 20.0 Å². The van der Waals surface area contributed by atoms with Crippen LogP contribution >= 0.6 is 0 Å². The Balaban J connectivity index is 1.34. The summed E-state index contributed by atoms with van der Waals surface area (Å²) in [6, 6.07) is 8.22. The van der Waals surface area contributed by atoms with Crippen LogP contribution in [0.3, 0.4) is 0 Å². The molecule has 2 aromatic carbocycles. The van der Waals surface area contributed by atoms with Crippen molar-refractivity contribution in [1.29, 1.82) is 0 Å². The number of imide groups is 2. The van der Waals surface area contributed by atoms with Crippen LogP contribution < -0.4 is 9.80 Å². The van der Waals surface area contributed by atoms with Gasteiger partial charge in [0.05, 0.1) is 22.3 Å². The van der Waals surface area contributed by atoms with Crippen molar-refractivity contribution in [3.05, 3.63) is 82.4 Å². The van der Waals surface area contributed by atoms with Gasteiger partial charge in [0, 0.05) is 11.1 Å². The summed E-state index contributed by atoms with van der Waals surface area (Å²) in [4.78, 5) is 73.4. The molecule has 4 aromatic rings. The van der Waals surface area contributed by atoms with Gasteiger partial charge in [-0.3, -0.25) is 24.0 Å². The second-order valence-corrected chi connectivity index (χ2v) is 7.36. The molecule has 0 saturated heterocycles. The molecule has 0 saturated carbocycles.